The van der Waals surface area contributed by atoms with Crippen LogP contribution in [-0.2, 0) is 12.0 Å². The molecule has 4 rings (SSSR count). The lowest BCUT2D eigenvalue weighted by molar-refractivity contribution is 0.136. The van der Waals surface area contributed by atoms with Crippen LogP contribution < -0.4 is 9.47 Å². The minimum atomic E-state index is -0.153. The van der Waals surface area contributed by atoms with Gasteiger partial charge in [0.25, 0.3) is 0 Å². The highest BCUT2D eigenvalue weighted by molar-refractivity contribution is 5.60. The van der Waals surface area contributed by atoms with Crippen molar-refractivity contribution in [2.75, 3.05) is 20.7 Å². The molecule has 2 heterocycles. The number of halogens is 1. The van der Waals surface area contributed by atoms with Crippen LogP contribution in [0.3, 0.4) is 0 Å². The van der Waals surface area contributed by atoms with E-state index in [9.17, 15) is 4.39 Å². The van der Waals surface area contributed by atoms with Gasteiger partial charge in [0, 0.05) is 29.2 Å². The Morgan fingerprint density at radius 3 is 2.91 bits per heavy atom. The predicted molar refractivity (Wildman–Crippen MR) is 82.9 cm³/mol. The van der Waals surface area contributed by atoms with E-state index in [0.29, 0.717) is 24.1 Å². The Bertz CT molecular complexity index is 632. The van der Waals surface area contributed by atoms with Crippen LogP contribution in [0.5, 0.6) is 11.5 Å². The van der Waals surface area contributed by atoms with Gasteiger partial charge in [0.15, 0.2) is 11.5 Å². The molecule has 0 radical (unpaired) electrons. The molecule has 1 saturated carbocycles. The molecule has 22 heavy (non-hydrogen) atoms. The van der Waals surface area contributed by atoms with Crippen LogP contribution in [0.2, 0.25) is 0 Å². The fourth-order valence-electron chi connectivity index (χ4n) is 5.04. The molecule has 1 fully saturated rings. The molecule has 0 bridgehead atoms. The van der Waals surface area contributed by atoms with Gasteiger partial charge in [-0.05, 0) is 38.3 Å². The van der Waals surface area contributed by atoms with Crippen molar-refractivity contribution in [3.8, 4) is 11.5 Å². The minimum Gasteiger partial charge on any atom is -0.493 e. The molecule has 1 unspecified atom stereocenters. The monoisotopic (exact) mass is 305 g/mol. The molecule has 0 aromatic heterocycles. The van der Waals surface area contributed by atoms with Gasteiger partial charge >= 0.3 is 0 Å². The number of benzene rings is 1. The van der Waals surface area contributed by atoms with Crippen LogP contribution in [0.15, 0.2) is 6.07 Å². The first kappa shape index (κ1) is 14.3. The summed E-state index contributed by atoms with van der Waals surface area (Å²) >= 11 is 0. The van der Waals surface area contributed by atoms with Gasteiger partial charge in [0.1, 0.15) is 11.9 Å². The second kappa shape index (κ2) is 4.60. The van der Waals surface area contributed by atoms with Crippen molar-refractivity contribution in [3.63, 3.8) is 0 Å². The average molecular weight is 305 g/mol. The maximum Gasteiger partial charge on any atom is 0.166 e. The van der Waals surface area contributed by atoms with Crippen molar-refractivity contribution in [2.45, 2.75) is 44.8 Å². The molecule has 1 spiro atoms. The first-order valence-corrected chi connectivity index (χ1v) is 8.24. The van der Waals surface area contributed by atoms with Crippen LogP contribution in [0.4, 0.5) is 4.39 Å². The lowest BCUT2D eigenvalue weighted by Gasteiger charge is -2.34. The fraction of sp³-hybridized carbons (Fsp3) is 0.667. The summed E-state index contributed by atoms with van der Waals surface area (Å²) in [6.07, 6.45) is 2.24. The maximum atomic E-state index is 14.8. The van der Waals surface area contributed by atoms with Crippen molar-refractivity contribution < 1.29 is 13.9 Å². The highest BCUT2D eigenvalue weighted by Gasteiger charge is 2.60. The molecule has 4 atom stereocenters. The molecule has 0 amide bonds. The molecule has 1 aromatic rings. The Balaban J connectivity index is 2.02. The molecule has 0 N–H and O–H groups in total. The summed E-state index contributed by atoms with van der Waals surface area (Å²) in [5.74, 6) is 2.30. The van der Waals surface area contributed by atoms with Crippen LogP contribution in [0.1, 0.15) is 37.8 Å². The number of hydrogen-bond acceptors (Lipinski definition) is 3. The molecule has 2 aliphatic heterocycles. The van der Waals surface area contributed by atoms with Gasteiger partial charge in [-0.15, -0.1) is 0 Å². The third-order valence-electron chi connectivity index (χ3n) is 6.41. The van der Waals surface area contributed by atoms with Gasteiger partial charge in [0.2, 0.25) is 0 Å². The maximum absolute atomic E-state index is 14.8. The lowest BCUT2D eigenvalue weighted by atomic mass is 9.68. The van der Waals surface area contributed by atoms with Gasteiger partial charge in [0.05, 0.1) is 7.11 Å². The van der Waals surface area contributed by atoms with E-state index in [1.54, 1.807) is 7.11 Å². The molecular weight excluding hydrogens is 281 g/mol. The van der Waals surface area contributed by atoms with Crippen LogP contribution in [-0.4, -0.2) is 31.7 Å². The zero-order valence-corrected chi connectivity index (χ0v) is 13.8. The summed E-state index contributed by atoms with van der Waals surface area (Å²) in [5, 5.41) is 0. The highest BCUT2D eigenvalue weighted by atomic mass is 19.1. The number of methoxy groups -OCH3 is 1. The summed E-state index contributed by atoms with van der Waals surface area (Å²) < 4.78 is 26.5. The quantitative estimate of drug-likeness (QED) is 0.794. The summed E-state index contributed by atoms with van der Waals surface area (Å²) in [6.45, 7) is 6.24. The summed E-state index contributed by atoms with van der Waals surface area (Å²) in [7, 11) is 3.67. The molecule has 4 heteroatoms. The molecule has 1 aliphatic carbocycles. The smallest absolute Gasteiger partial charge is 0.166 e. The third-order valence-corrected chi connectivity index (χ3v) is 6.41. The molecule has 120 valence electrons. The Morgan fingerprint density at radius 1 is 1.41 bits per heavy atom. The topological polar surface area (TPSA) is 21.7 Å². The van der Waals surface area contributed by atoms with Crippen molar-refractivity contribution in [2.24, 2.45) is 11.8 Å². The van der Waals surface area contributed by atoms with Crippen LogP contribution in [0, 0.1) is 17.7 Å². The zero-order valence-electron chi connectivity index (χ0n) is 13.8. The first-order valence-electron chi connectivity index (χ1n) is 8.24. The number of rotatable bonds is 1. The van der Waals surface area contributed by atoms with Gasteiger partial charge in [-0.3, -0.25) is 0 Å². The van der Waals surface area contributed by atoms with Crippen molar-refractivity contribution in [1.82, 2.24) is 4.90 Å². The van der Waals surface area contributed by atoms with E-state index in [1.807, 2.05) is 0 Å². The van der Waals surface area contributed by atoms with Gasteiger partial charge < -0.3 is 14.4 Å². The number of nitrogens with zero attached hydrogens (tertiary/aromatic N) is 1. The average Bonchev–Trinajstić information content (AvgIpc) is 2.85. The number of ether oxygens (including phenoxy) is 2. The Labute approximate surface area is 131 Å². The fourth-order valence-corrected chi connectivity index (χ4v) is 5.04. The van der Waals surface area contributed by atoms with E-state index < -0.39 is 0 Å². The largest absolute Gasteiger partial charge is 0.493 e. The van der Waals surface area contributed by atoms with E-state index in [2.05, 4.69) is 25.8 Å². The second-order valence-electron chi connectivity index (χ2n) is 7.38. The number of hydrogen-bond donors (Lipinski definition) is 0. The second-order valence-corrected chi connectivity index (χ2v) is 7.38. The van der Waals surface area contributed by atoms with E-state index in [4.69, 9.17) is 9.47 Å². The molecule has 3 aliphatic rings. The summed E-state index contributed by atoms with van der Waals surface area (Å²) in [5.41, 5.74) is 1.87. The van der Waals surface area contributed by atoms with Gasteiger partial charge in [-0.2, -0.15) is 0 Å². The van der Waals surface area contributed by atoms with Crippen molar-refractivity contribution in [1.29, 1.82) is 0 Å². The van der Waals surface area contributed by atoms with Crippen molar-refractivity contribution in [3.05, 3.63) is 23.0 Å². The first-order chi connectivity index (χ1) is 10.5. The third kappa shape index (κ3) is 1.59. The standard InChI is InChI=1S/C18H24FNO2/c1-10-7-15-18(11(10)2)5-6-20(3)9-12-13(19)8-14(21-4)17(22-15)16(12)18/h8,10-11,15H,5-7,9H2,1-4H3/t10-,11?,15+,18-/m1/s1. The van der Waals surface area contributed by atoms with E-state index in [0.717, 1.165) is 36.3 Å². The van der Waals surface area contributed by atoms with Crippen LogP contribution >= 0.6 is 0 Å². The molecule has 1 aromatic carbocycles. The SMILES string of the molecule is COc1cc(F)c2c3c1O[C@H]1C[C@@H](C)C(C)[C@@]31CCN(C)C2. The lowest BCUT2D eigenvalue weighted by Crippen LogP contribution is -2.39. The Morgan fingerprint density at radius 2 is 2.18 bits per heavy atom. The normalized spacial score (nSPS) is 36.5. The van der Waals surface area contributed by atoms with E-state index >= 15 is 0 Å². The minimum absolute atomic E-state index is 0.0514. The van der Waals surface area contributed by atoms with Crippen LogP contribution in [0.25, 0.3) is 0 Å². The molecule has 0 saturated heterocycles. The van der Waals surface area contributed by atoms with Gasteiger partial charge in [-0.1, -0.05) is 13.8 Å². The summed E-state index contributed by atoms with van der Waals surface area (Å²) in [4.78, 5) is 2.23. The zero-order chi connectivity index (χ0) is 15.6. The molecule has 3 nitrogen and oxygen atoms in total. The van der Waals surface area contributed by atoms with Crippen molar-refractivity contribution >= 4 is 0 Å². The highest BCUT2D eigenvalue weighted by Crippen LogP contribution is 2.62. The summed E-state index contributed by atoms with van der Waals surface area (Å²) in [6, 6.07) is 1.50. The molecular formula is C18H24FNO2. The Hall–Kier alpha value is -1.29. The Kier molecular flexibility index (Phi) is 3.00. The van der Waals surface area contributed by atoms with E-state index in [1.165, 1.54) is 6.07 Å². The van der Waals surface area contributed by atoms with E-state index in [-0.39, 0.29) is 17.3 Å². The van der Waals surface area contributed by atoms with Gasteiger partial charge in [-0.25, -0.2) is 4.39 Å². The predicted octanol–water partition coefficient (Wildman–Crippen LogP) is 3.34.